The highest BCUT2D eigenvalue weighted by molar-refractivity contribution is 7.89. The van der Waals surface area contributed by atoms with E-state index in [4.69, 9.17) is 0 Å². The zero-order chi connectivity index (χ0) is 15.0. The molecule has 0 aliphatic rings. The Morgan fingerprint density at radius 3 is 2.85 bits per heavy atom. The van der Waals surface area contributed by atoms with E-state index in [9.17, 15) is 13.2 Å². The van der Waals surface area contributed by atoms with Crippen LogP contribution in [-0.2, 0) is 32.5 Å². The molecular weight excluding hydrogens is 280 g/mol. The van der Waals surface area contributed by atoms with Crippen LogP contribution in [0, 0.1) is 0 Å². The first-order valence-corrected chi connectivity index (χ1v) is 8.10. The van der Waals surface area contributed by atoms with Crippen molar-refractivity contribution < 1.29 is 17.9 Å². The molecule has 0 spiro atoms. The molecule has 0 unspecified atom stereocenters. The van der Waals surface area contributed by atoms with Gasteiger partial charge < -0.3 is 4.74 Å². The van der Waals surface area contributed by atoms with Crippen LogP contribution in [0.4, 0.5) is 0 Å². The van der Waals surface area contributed by atoms with E-state index in [0.717, 1.165) is 17.7 Å². The molecule has 0 fully saturated rings. The van der Waals surface area contributed by atoms with Crippen LogP contribution in [0.1, 0.15) is 31.0 Å². The Hall–Kier alpha value is -1.47. The number of carbonyl (C=O) groups is 1. The van der Waals surface area contributed by atoms with E-state index in [0.29, 0.717) is 0 Å². The van der Waals surface area contributed by atoms with Crippen LogP contribution in [0.15, 0.2) is 18.3 Å². The van der Waals surface area contributed by atoms with Gasteiger partial charge in [0.1, 0.15) is 0 Å². The number of hydrogen-bond acceptors (Lipinski definition) is 5. The third-order valence-corrected chi connectivity index (χ3v) is 4.26. The van der Waals surface area contributed by atoms with Crippen molar-refractivity contribution in [1.29, 1.82) is 0 Å². The van der Waals surface area contributed by atoms with Crippen molar-refractivity contribution in [2.24, 2.45) is 0 Å². The van der Waals surface area contributed by atoms with Gasteiger partial charge in [-0.3, -0.25) is 9.78 Å². The Morgan fingerprint density at radius 2 is 2.20 bits per heavy atom. The number of ether oxygens (including phenoxy) is 1. The Balaban J connectivity index is 2.49. The van der Waals surface area contributed by atoms with Crippen molar-refractivity contribution in [2.45, 2.75) is 32.7 Å². The Morgan fingerprint density at radius 1 is 1.45 bits per heavy atom. The number of aryl methyl sites for hydroxylation is 1. The predicted octanol–water partition coefficient (Wildman–Crippen LogP) is 1.02. The number of nitrogens with one attached hydrogen (secondary N) is 1. The lowest BCUT2D eigenvalue weighted by molar-refractivity contribution is -0.140. The summed E-state index contributed by atoms with van der Waals surface area (Å²) >= 11 is 0. The molecule has 6 nitrogen and oxygen atoms in total. The summed E-state index contributed by atoms with van der Waals surface area (Å²) < 4.78 is 30.5. The molecule has 0 saturated carbocycles. The van der Waals surface area contributed by atoms with Crippen molar-refractivity contribution in [3.8, 4) is 0 Å². The van der Waals surface area contributed by atoms with Gasteiger partial charge >= 0.3 is 5.97 Å². The Bertz CT molecular complexity index is 543. The van der Waals surface area contributed by atoms with Crippen molar-refractivity contribution in [3.63, 3.8) is 0 Å². The van der Waals surface area contributed by atoms with Gasteiger partial charge in [0.05, 0.1) is 25.1 Å². The predicted molar refractivity (Wildman–Crippen MR) is 75.5 cm³/mol. The molecule has 1 heterocycles. The lowest BCUT2D eigenvalue weighted by Gasteiger charge is -2.08. The molecule has 20 heavy (non-hydrogen) atoms. The maximum atomic E-state index is 11.8. The highest BCUT2D eigenvalue weighted by atomic mass is 32.2. The van der Waals surface area contributed by atoms with E-state index < -0.39 is 16.0 Å². The molecule has 0 aromatic carbocycles. The minimum Gasteiger partial charge on any atom is -0.469 e. The van der Waals surface area contributed by atoms with Crippen molar-refractivity contribution in [3.05, 3.63) is 29.6 Å². The van der Waals surface area contributed by atoms with E-state index >= 15 is 0 Å². The SMILES string of the molecule is CCc1cccnc1CNS(=O)(=O)CCCC(=O)OC. The first-order chi connectivity index (χ1) is 9.48. The van der Waals surface area contributed by atoms with Crippen LogP contribution in [0.25, 0.3) is 0 Å². The van der Waals surface area contributed by atoms with E-state index in [1.807, 2.05) is 19.1 Å². The number of hydrogen-bond donors (Lipinski definition) is 1. The molecule has 1 N–H and O–H groups in total. The van der Waals surface area contributed by atoms with Gasteiger partial charge in [0, 0.05) is 12.6 Å². The molecule has 1 rings (SSSR count). The lowest BCUT2D eigenvalue weighted by atomic mass is 10.1. The number of aromatic nitrogens is 1. The van der Waals surface area contributed by atoms with E-state index in [2.05, 4.69) is 14.4 Å². The second-order valence-electron chi connectivity index (χ2n) is 4.28. The standard InChI is InChI=1S/C13H20N2O4S/c1-3-11-6-4-8-14-12(11)10-15-20(17,18)9-5-7-13(16)19-2/h4,6,8,15H,3,5,7,9-10H2,1-2H3. The second kappa shape index (κ2) is 7.96. The summed E-state index contributed by atoms with van der Waals surface area (Å²) in [5.41, 5.74) is 1.75. The van der Waals surface area contributed by atoms with Crippen molar-refractivity contribution in [1.82, 2.24) is 9.71 Å². The molecule has 7 heteroatoms. The molecule has 112 valence electrons. The normalized spacial score (nSPS) is 11.3. The summed E-state index contributed by atoms with van der Waals surface area (Å²) in [6.45, 7) is 2.16. The topological polar surface area (TPSA) is 85.4 Å². The fourth-order valence-electron chi connectivity index (χ4n) is 1.71. The highest BCUT2D eigenvalue weighted by Gasteiger charge is 2.12. The summed E-state index contributed by atoms with van der Waals surface area (Å²) in [4.78, 5) is 15.1. The number of nitrogens with zero attached hydrogens (tertiary/aromatic N) is 1. The van der Waals surface area contributed by atoms with E-state index in [1.54, 1.807) is 6.20 Å². The van der Waals surface area contributed by atoms with Crippen LogP contribution < -0.4 is 4.72 Å². The summed E-state index contributed by atoms with van der Waals surface area (Å²) in [7, 11) is -2.13. The molecule has 0 aliphatic heterocycles. The molecule has 1 aromatic heterocycles. The van der Waals surface area contributed by atoms with Crippen LogP contribution in [0.5, 0.6) is 0 Å². The van der Waals surface area contributed by atoms with Crippen molar-refractivity contribution >= 4 is 16.0 Å². The summed E-state index contributed by atoms with van der Waals surface area (Å²) in [5.74, 6) is -0.505. The maximum Gasteiger partial charge on any atom is 0.305 e. The third-order valence-electron chi connectivity index (χ3n) is 2.85. The van der Waals surface area contributed by atoms with Crippen molar-refractivity contribution in [2.75, 3.05) is 12.9 Å². The van der Waals surface area contributed by atoms with Crippen LogP contribution in [0.3, 0.4) is 0 Å². The first-order valence-electron chi connectivity index (χ1n) is 6.45. The van der Waals surface area contributed by atoms with Gasteiger partial charge in [0.2, 0.25) is 10.0 Å². The number of pyridine rings is 1. The third kappa shape index (κ3) is 5.66. The van der Waals surface area contributed by atoms with Gasteiger partial charge in [0.25, 0.3) is 0 Å². The minimum absolute atomic E-state index is 0.0984. The van der Waals surface area contributed by atoms with Gasteiger partial charge in [-0.2, -0.15) is 0 Å². The summed E-state index contributed by atoms with van der Waals surface area (Å²) in [6.07, 6.45) is 2.78. The lowest BCUT2D eigenvalue weighted by Crippen LogP contribution is -2.27. The van der Waals surface area contributed by atoms with Crippen LogP contribution in [-0.4, -0.2) is 32.2 Å². The molecule has 0 saturated heterocycles. The Labute approximate surface area is 119 Å². The highest BCUT2D eigenvalue weighted by Crippen LogP contribution is 2.06. The van der Waals surface area contributed by atoms with Gasteiger partial charge in [-0.1, -0.05) is 13.0 Å². The second-order valence-corrected chi connectivity index (χ2v) is 6.21. The molecule has 1 aromatic rings. The van der Waals surface area contributed by atoms with Gasteiger partial charge in [-0.25, -0.2) is 13.1 Å². The molecule has 0 aliphatic carbocycles. The molecule has 0 amide bonds. The molecule has 0 bridgehead atoms. The van der Waals surface area contributed by atoms with Gasteiger partial charge in [-0.05, 0) is 24.5 Å². The van der Waals surface area contributed by atoms with Crippen LogP contribution in [0.2, 0.25) is 0 Å². The Kier molecular flexibility index (Phi) is 6.60. The minimum atomic E-state index is -3.41. The van der Waals surface area contributed by atoms with Gasteiger partial charge in [-0.15, -0.1) is 0 Å². The fraction of sp³-hybridized carbons (Fsp3) is 0.538. The average Bonchev–Trinajstić information content (AvgIpc) is 2.45. The smallest absolute Gasteiger partial charge is 0.305 e. The van der Waals surface area contributed by atoms with Gasteiger partial charge in [0.15, 0.2) is 0 Å². The number of methoxy groups -OCH3 is 1. The zero-order valence-corrected chi connectivity index (χ0v) is 12.6. The maximum absolute atomic E-state index is 11.8. The first kappa shape index (κ1) is 16.6. The molecule has 0 atom stereocenters. The summed E-state index contributed by atoms with van der Waals surface area (Å²) in [6, 6.07) is 3.75. The summed E-state index contributed by atoms with van der Waals surface area (Å²) in [5, 5.41) is 0. The number of rotatable bonds is 8. The number of esters is 1. The average molecular weight is 300 g/mol. The molecule has 0 radical (unpaired) electrons. The number of sulfonamides is 1. The number of carbonyl (C=O) groups excluding carboxylic acids is 1. The van der Waals surface area contributed by atoms with E-state index in [-0.39, 0.29) is 25.1 Å². The molecular formula is C13H20N2O4S. The quantitative estimate of drug-likeness (QED) is 0.724. The van der Waals surface area contributed by atoms with Crippen LogP contribution >= 0.6 is 0 Å². The van der Waals surface area contributed by atoms with E-state index in [1.165, 1.54) is 7.11 Å². The zero-order valence-electron chi connectivity index (χ0n) is 11.8. The largest absolute Gasteiger partial charge is 0.469 e. The fourth-order valence-corrected chi connectivity index (χ4v) is 2.74. The monoisotopic (exact) mass is 300 g/mol.